The standard InChI is InChI=1S/C21H17N7O2S/c1-31-16-9-7-14(8-10-16)19-24-18(30-26-19)13-28-21(29)27-12-11-17(23-20(27)25-28)22-15-5-3-2-4-6-15/h2-12H,13H2,1H3,(H,22,23,25). The lowest BCUT2D eigenvalue weighted by molar-refractivity contribution is 0.364. The number of anilines is 2. The van der Waals surface area contributed by atoms with E-state index in [1.165, 1.54) is 9.08 Å². The van der Waals surface area contributed by atoms with Crippen molar-refractivity contribution in [3.05, 3.63) is 83.2 Å². The average molecular weight is 431 g/mol. The van der Waals surface area contributed by atoms with Crippen LogP contribution in [0.2, 0.25) is 0 Å². The third kappa shape index (κ3) is 3.92. The van der Waals surface area contributed by atoms with Gasteiger partial charge in [-0.25, -0.2) is 13.9 Å². The molecule has 0 fully saturated rings. The number of hydrogen-bond acceptors (Lipinski definition) is 8. The lowest BCUT2D eigenvalue weighted by atomic mass is 10.2. The summed E-state index contributed by atoms with van der Waals surface area (Å²) in [6.45, 7) is 0.0551. The first-order valence-corrected chi connectivity index (χ1v) is 10.7. The Balaban J connectivity index is 1.38. The van der Waals surface area contributed by atoms with E-state index in [0.29, 0.717) is 11.6 Å². The number of rotatable bonds is 6. The maximum atomic E-state index is 12.7. The summed E-state index contributed by atoms with van der Waals surface area (Å²) in [6, 6.07) is 19.2. The van der Waals surface area contributed by atoms with Gasteiger partial charge in [0.1, 0.15) is 12.4 Å². The maximum absolute atomic E-state index is 12.7. The topological polar surface area (TPSA) is 103 Å². The quantitative estimate of drug-likeness (QED) is 0.408. The summed E-state index contributed by atoms with van der Waals surface area (Å²) in [5, 5.41) is 11.5. The Labute approximate surface area is 180 Å². The van der Waals surface area contributed by atoms with Gasteiger partial charge < -0.3 is 9.84 Å². The zero-order valence-electron chi connectivity index (χ0n) is 16.5. The summed E-state index contributed by atoms with van der Waals surface area (Å²) in [5.74, 6) is 1.62. The van der Waals surface area contributed by atoms with E-state index in [0.717, 1.165) is 16.1 Å². The van der Waals surface area contributed by atoms with Crippen LogP contribution in [0.4, 0.5) is 11.5 Å². The molecule has 31 heavy (non-hydrogen) atoms. The van der Waals surface area contributed by atoms with E-state index in [1.807, 2.05) is 60.9 Å². The molecule has 0 atom stereocenters. The first-order valence-electron chi connectivity index (χ1n) is 9.45. The highest BCUT2D eigenvalue weighted by Gasteiger charge is 2.14. The Morgan fingerprint density at radius 3 is 2.61 bits per heavy atom. The van der Waals surface area contributed by atoms with E-state index in [9.17, 15) is 4.79 Å². The molecule has 0 spiro atoms. The van der Waals surface area contributed by atoms with E-state index in [-0.39, 0.29) is 23.9 Å². The number of nitrogens with one attached hydrogen (secondary N) is 1. The van der Waals surface area contributed by atoms with Crippen molar-refractivity contribution < 1.29 is 4.52 Å². The number of fused-ring (bicyclic) bond motifs is 1. The molecule has 0 aliphatic rings. The molecule has 0 aliphatic carbocycles. The molecule has 154 valence electrons. The molecule has 3 aromatic heterocycles. The van der Waals surface area contributed by atoms with Gasteiger partial charge in [-0.3, -0.25) is 0 Å². The normalized spacial score (nSPS) is 11.1. The molecule has 9 nitrogen and oxygen atoms in total. The van der Waals surface area contributed by atoms with Crippen LogP contribution in [0.5, 0.6) is 0 Å². The molecule has 5 rings (SSSR count). The van der Waals surface area contributed by atoms with Crippen LogP contribution in [0, 0.1) is 0 Å². The zero-order valence-corrected chi connectivity index (χ0v) is 17.3. The van der Waals surface area contributed by atoms with Gasteiger partial charge in [-0.15, -0.1) is 16.9 Å². The molecule has 1 N–H and O–H groups in total. The van der Waals surface area contributed by atoms with Crippen LogP contribution in [-0.4, -0.2) is 35.6 Å². The van der Waals surface area contributed by atoms with E-state index < -0.39 is 0 Å². The van der Waals surface area contributed by atoms with Crippen molar-refractivity contribution in [1.29, 1.82) is 0 Å². The smallest absolute Gasteiger partial charge is 0.340 e. The molecule has 5 aromatic rings. The lowest BCUT2D eigenvalue weighted by Crippen LogP contribution is -2.21. The highest BCUT2D eigenvalue weighted by atomic mass is 32.2. The molecule has 3 heterocycles. The summed E-state index contributed by atoms with van der Waals surface area (Å²) >= 11 is 1.66. The van der Waals surface area contributed by atoms with Crippen molar-refractivity contribution in [2.45, 2.75) is 11.4 Å². The van der Waals surface area contributed by atoms with Gasteiger partial charge >= 0.3 is 5.69 Å². The Bertz CT molecular complexity index is 1390. The van der Waals surface area contributed by atoms with Gasteiger partial charge in [0.2, 0.25) is 11.7 Å². The minimum Gasteiger partial charge on any atom is -0.340 e. The molecule has 0 saturated heterocycles. The van der Waals surface area contributed by atoms with Crippen molar-refractivity contribution in [2.24, 2.45) is 0 Å². The summed E-state index contributed by atoms with van der Waals surface area (Å²) in [6.07, 6.45) is 3.65. The predicted octanol–water partition coefficient (Wildman–Crippen LogP) is 3.45. The van der Waals surface area contributed by atoms with Gasteiger partial charge in [-0.1, -0.05) is 23.4 Å². The Morgan fingerprint density at radius 1 is 1.03 bits per heavy atom. The number of para-hydroxylation sites is 1. The Morgan fingerprint density at radius 2 is 1.84 bits per heavy atom. The highest BCUT2D eigenvalue weighted by molar-refractivity contribution is 7.98. The van der Waals surface area contributed by atoms with E-state index in [1.54, 1.807) is 24.0 Å². The van der Waals surface area contributed by atoms with Crippen molar-refractivity contribution in [1.82, 2.24) is 29.3 Å². The van der Waals surface area contributed by atoms with Crippen LogP contribution in [-0.2, 0) is 6.54 Å². The van der Waals surface area contributed by atoms with E-state index in [4.69, 9.17) is 4.52 Å². The predicted molar refractivity (Wildman–Crippen MR) is 118 cm³/mol. The maximum Gasteiger partial charge on any atom is 0.352 e. The number of hydrogen-bond donors (Lipinski definition) is 1. The number of thioether (sulfide) groups is 1. The van der Waals surface area contributed by atoms with Gasteiger partial charge in [0, 0.05) is 22.3 Å². The largest absolute Gasteiger partial charge is 0.352 e. The monoisotopic (exact) mass is 431 g/mol. The highest BCUT2D eigenvalue weighted by Crippen LogP contribution is 2.21. The second-order valence-electron chi connectivity index (χ2n) is 6.65. The summed E-state index contributed by atoms with van der Waals surface area (Å²) in [7, 11) is 0. The number of aromatic nitrogens is 6. The fourth-order valence-corrected chi connectivity index (χ4v) is 3.46. The van der Waals surface area contributed by atoms with Gasteiger partial charge in [0.15, 0.2) is 0 Å². The summed E-state index contributed by atoms with van der Waals surface area (Å²) in [4.78, 5) is 22.6. The average Bonchev–Trinajstić information content (AvgIpc) is 3.39. The van der Waals surface area contributed by atoms with Crippen LogP contribution in [0.3, 0.4) is 0 Å². The Hall–Kier alpha value is -3.92. The first-order chi connectivity index (χ1) is 15.2. The van der Waals surface area contributed by atoms with E-state index >= 15 is 0 Å². The minimum atomic E-state index is -0.335. The SMILES string of the molecule is CSc1ccc(-c2noc(Cn3nc4nc(Nc5ccccc5)ccn4c3=O)n2)cc1. The van der Waals surface area contributed by atoms with Gasteiger partial charge in [0.05, 0.1) is 0 Å². The molecule has 0 aliphatic heterocycles. The lowest BCUT2D eigenvalue weighted by Gasteiger charge is -2.04. The van der Waals surface area contributed by atoms with Crippen LogP contribution in [0.25, 0.3) is 17.2 Å². The van der Waals surface area contributed by atoms with Gasteiger partial charge in [-0.05, 0) is 48.7 Å². The molecule has 10 heteroatoms. The molecule has 0 unspecified atom stereocenters. The molecular formula is C21H17N7O2S. The van der Waals surface area contributed by atoms with E-state index in [2.05, 4.69) is 25.5 Å². The molecule has 0 radical (unpaired) electrons. The third-order valence-electron chi connectivity index (χ3n) is 4.60. The fourth-order valence-electron chi connectivity index (χ4n) is 3.05. The molecule has 0 bridgehead atoms. The van der Waals surface area contributed by atoms with Gasteiger partial charge in [-0.2, -0.15) is 9.97 Å². The molecule has 0 saturated carbocycles. The van der Waals surface area contributed by atoms with Crippen molar-refractivity contribution in [2.75, 3.05) is 11.6 Å². The number of benzene rings is 2. The van der Waals surface area contributed by atoms with Crippen LogP contribution in [0.1, 0.15) is 5.89 Å². The Kier molecular flexibility index (Phi) is 4.97. The third-order valence-corrected chi connectivity index (χ3v) is 5.35. The van der Waals surface area contributed by atoms with Crippen LogP contribution in [0.15, 0.2) is 81.1 Å². The minimum absolute atomic E-state index is 0.0551. The van der Waals surface area contributed by atoms with Gasteiger partial charge in [0.25, 0.3) is 5.78 Å². The molecule has 2 aromatic carbocycles. The summed E-state index contributed by atoms with van der Waals surface area (Å²) in [5.41, 5.74) is 1.40. The van der Waals surface area contributed by atoms with Crippen LogP contribution < -0.4 is 11.0 Å². The number of nitrogens with zero attached hydrogens (tertiary/aromatic N) is 6. The zero-order chi connectivity index (χ0) is 21.2. The molecular weight excluding hydrogens is 414 g/mol. The van der Waals surface area contributed by atoms with Crippen molar-refractivity contribution >= 4 is 29.0 Å². The summed E-state index contributed by atoms with van der Waals surface area (Å²) < 4.78 is 7.95. The van der Waals surface area contributed by atoms with Crippen molar-refractivity contribution in [3.63, 3.8) is 0 Å². The first kappa shape index (κ1) is 19.1. The molecule has 0 amide bonds. The fraction of sp³-hybridized carbons (Fsp3) is 0.0952. The second-order valence-corrected chi connectivity index (χ2v) is 7.53. The second kappa shape index (κ2) is 8.07. The van der Waals surface area contributed by atoms with Crippen LogP contribution >= 0.6 is 11.8 Å². The van der Waals surface area contributed by atoms with Crippen molar-refractivity contribution in [3.8, 4) is 11.4 Å².